The zero-order chi connectivity index (χ0) is 32.9. The smallest absolute Gasteiger partial charge is 0.410 e. The Bertz CT molecular complexity index is 1590. The second kappa shape index (κ2) is 11.6. The number of hydrogen-bond acceptors (Lipinski definition) is 10. The van der Waals surface area contributed by atoms with Gasteiger partial charge < -0.3 is 40.5 Å². The molecule has 5 rings (SSSR count). The number of hydrogen-bond donors (Lipinski definition) is 4. The minimum absolute atomic E-state index is 0.0515. The lowest BCUT2D eigenvalue weighted by atomic mass is 9.86. The molecular weight excluding hydrogens is 606 g/mol. The molecule has 5 N–H and O–H groups in total. The molecule has 3 saturated heterocycles. The number of carbonyl (C=O) groups is 3. The number of nitrogens with zero attached hydrogens (tertiary/aromatic N) is 4. The summed E-state index contributed by atoms with van der Waals surface area (Å²) in [6.45, 7) is 6.36. The van der Waals surface area contributed by atoms with E-state index in [0.717, 1.165) is 16.4 Å². The van der Waals surface area contributed by atoms with E-state index in [9.17, 15) is 38.1 Å². The van der Waals surface area contributed by atoms with Crippen molar-refractivity contribution in [3.05, 3.63) is 42.0 Å². The van der Waals surface area contributed by atoms with E-state index >= 15 is 0 Å². The lowest BCUT2D eigenvalue weighted by Gasteiger charge is -2.41. The first-order valence-corrected chi connectivity index (χ1v) is 16.1. The van der Waals surface area contributed by atoms with E-state index < -0.39 is 56.8 Å². The summed E-state index contributed by atoms with van der Waals surface area (Å²) in [6.07, 6.45) is 0.856. The number of carbonyl (C=O) groups excluding carboxylic acids is 3. The van der Waals surface area contributed by atoms with Crippen molar-refractivity contribution in [3.63, 3.8) is 0 Å². The zero-order valence-corrected chi connectivity index (χ0v) is 26.3. The Labute approximate surface area is 261 Å². The van der Waals surface area contributed by atoms with Gasteiger partial charge >= 0.3 is 6.09 Å². The van der Waals surface area contributed by atoms with Crippen molar-refractivity contribution < 1.29 is 42.9 Å². The Balaban J connectivity index is 1.39. The summed E-state index contributed by atoms with van der Waals surface area (Å²) in [6, 6.07) is 6.34. The summed E-state index contributed by atoms with van der Waals surface area (Å²) in [5, 5.41) is 29.6. The second-order valence-corrected chi connectivity index (χ2v) is 14.9. The third kappa shape index (κ3) is 6.45. The first-order valence-electron chi connectivity index (χ1n) is 14.7. The summed E-state index contributed by atoms with van der Waals surface area (Å²) in [7, 11) is -4.19. The topological polar surface area (TPSA) is 194 Å². The van der Waals surface area contributed by atoms with Crippen LogP contribution in [-0.2, 0) is 19.6 Å². The summed E-state index contributed by atoms with van der Waals surface area (Å²) in [5.41, 5.74) is 4.98. The van der Waals surface area contributed by atoms with E-state index in [-0.39, 0.29) is 35.5 Å². The maximum atomic E-state index is 14.2. The number of nitrogens with two attached hydrogens (primary N) is 1. The molecule has 15 heteroatoms. The standard InChI is InChI=1S/C30H39N5O9S/c1-29(2,3)44-28(41)34-11-9-30(18-34)8-10-33(17-30)27(40)22-16-32(26(39)19-14-23(36)25(38)24(37)15-19)12-13-35(22)45(42,43)21-6-4-20(31)5-7-21/h4-7,14-15,22,36-38H,8-13,16-18,31H2,1-3H3. The van der Waals surface area contributed by atoms with Crippen molar-refractivity contribution in [1.29, 1.82) is 0 Å². The monoisotopic (exact) mass is 645 g/mol. The van der Waals surface area contributed by atoms with Crippen molar-refractivity contribution in [2.45, 2.75) is 50.2 Å². The highest BCUT2D eigenvalue weighted by Crippen LogP contribution is 2.41. The Morgan fingerprint density at radius 1 is 0.889 bits per heavy atom. The number of phenolic OH excluding ortho intramolecular Hbond substituents is 3. The van der Waals surface area contributed by atoms with Crippen molar-refractivity contribution in [2.75, 3.05) is 51.5 Å². The average Bonchev–Trinajstić information content (AvgIpc) is 3.60. The van der Waals surface area contributed by atoms with Gasteiger partial charge in [0.1, 0.15) is 11.6 Å². The summed E-state index contributed by atoms with van der Waals surface area (Å²) < 4.78 is 34.3. The molecule has 0 aliphatic carbocycles. The molecule has 0 bridgehead atoms. The van der Waals surface area contributed by atoms with Crippen LogP contribution >= 0.6 is 0 Å². The molecule has 244 valence electrons. The van der Waals surface area contributed by atoms with Gasteiger partial charge in [-0.2, -0.15) is 4.31 Å². The molecule has 14 nitrogen and oxygen atoms in total. The molecule has 2 aromatic rings. The van der Waals surface area contributed by atoms with Crippen molar-refractivity contribution in [1.82, 2.24) is 19.0 Å². The van der Waals surface area contributed by atoms with E-state index in [1.807, 2.05) is 0 Å². The number of phenols is 3. The van der Waals surface area contributed by atoms with E-state index in [1.165, 1.54) is 29.2 Å². The van der Waals surface area contributed by atoms with Crippen LogP contribution in [0.3, 0.4) is 0 Å². The SMILES string of the molecule is CC(C)(C)OC(=O)N1CCC2(CCN(C(=O)C3CN(C(=O)c4cc(O)c(O)c(O)c4)CCN3S(=O)(=O)c3ccc(N)cc3)C2)C1. The van der Waals surface area contributed by atoms with Crippen LogP contribution in [0.2, 0.25) is 0 Å². The maximum Gasteiger partial charge on any atom is 0.410 e. The Kier molecular flexibility index (Phi) is 8.29. The molecule has 0 aromatic heterocycles. The molecule has 0 radical (unpaired) electrons. The fourth-order valence-electron chi connectivity index (χ4n) is 6.21. The van der Waals surface area contributed by atoms with Crippen molar-refractivity contribution in [3.8, 4) is 17.2 Å². The number of ether oxygens (including phenoxy) is 1. The lowest BCUT2D eigenvalue weighted by molar-refractivity contribution is -0.136. The summed E-state index contributed by atoms with van der Waals surface area (Å²) in [5.74, 6) is -3.32. The van der Waals surface area contributed by atoms with Crippen molar-refractivity contribution >= 4 is 33.6 Å². The van der Waals surface area contributed by atoms with Crippen LogP contribution in [0.4, 0.5) is 10.5 Å². The first kappa shape index (κ1) is 32.2. The lowest BCUT2D eigenvalue weighted by Crippen LogP contribution is -2.61. The normalized spacial score (nSPS) is 22.6. The summed E-state index contributed by atoms with van der Waals surface area (Å²) >= 11 is 0. The molecule has 45 heavy (non-hydrogen) atoms. The van der Waals surface area contributed by atoms with Crippen LogP contribution in [0.5, 0.6) is 17.2 Å². The van der Waals surface area contributed by atoms with Crippen LogP contribution < -0.4 is 5.73 Å². The number of rotatable bonds is 4. The van der Waals surface area contributed by atoms with Crippen molar-refractivity contribution in [2.24, 2.45) is 5.41 Å². The highest BCUT2D eigenvalue weighted by atomic mass is 32.2. The van der Waals surface area contributed by atoms with Crippen LogP contribution in [0.15, 0.2) is 41.3 Å². The number of piperazine rings is 1. The molecule has 2 unspecified atom stereocenters. The van der Waals surface area contributed by atoms with Gasteiger partial charge in [0.05, 0.1) is 4.90 Å². The quantitative estimate of drug-likeness (QED) is 0.281. The van der Waals surface area contributed by atoms with Crippen LogP contribution in [0.1, 0.15) is 44.0 Å². The van der Waals surface area contributed by atoms with E-state index in [1.54, 1.807) is 30.6 Å². The second-order valence-electron chi connectivity index (χ2n) is 13.0. The Hall–Kier alpha value is -4.24. The first-order chi connectivity index (χ1) is 21.0. The van der Waals surface area contributed by atoms with Gasteiger partial charge in [-0.3, -0.25) is 9.59 Å². The molecule has 3 amide bonds. The average molecular weight is 646 g/mol. The maximum absolute atomic E-state index is 14.2. The van der Waals surface area contributed by atoms with Gasteiger partial charge in [-0.1, -0.05) is 0 Å². The largest absolute Gasteiger partial charge is 0.504 e. The molecule has 3 fully saturated rings. The highest BCUT2D eigenvalue weighted by Gasteiger charge is 2.50. The molecular formula is C30H39N5O9S. The minimum Gasteiger partial charge on any atom is -0.504 e. The Morgan fingerprint density at radius 3 is 2.07 bits per heavy atom. The molecule has 3 aliphatic heterocycles. The molecule has 2 aromatic carbocycles. The van der Waals surface area contributed by atoms with Gasteiger partial charge in [-0.25, -0.2) is 13.2 Å². The molecule has 3 aliphatic rings. The highest BCUT2D eigenvalue weighted by molar-refractivity contribution is 7.89. The molecule has 1 spiro atoms. The zero-order valence-electron chi connectivity index (χ0n) is 25.5. The third-order valence-electron chi connectivity index (χ3n) is 8.55. The summed E-state index contributed by atoms with van der Waals surface area (Å²) in [4.78, 5) is 44.8. The predicted molar refractivity (Wildman–Crippen MR) is 162 cm³/mol. The van der Waals surface area contributed by atoms with E-state index in [4.69, 9.17) is 10.5 Å². The number of aromatic hydroxyl groups is 3. The minimum atomic E-state index is -4.19. The van der Waals surface area contributed by atoms with Crippen LogP contribution in [0.25, 0.3) is 0 Å². The fraction of sp³-hybridized carbons (Fsp3) is 0.500. The number of nitrogen functional groups attached to an aromatic ring is 1. The van der Waals surface area contributed by atoms with Crippen LogP contribution in [-0.4, -0.2) is 118 Å². The number of sulfonamides is 1. The van der Waals surface area contributed by atoms with Gasteiger partial charge in [0.2, 0.25) is 15.9 Å². The van der Waals surface area contributed by atoms with E-state index in [0.29, 0.717) is 44.7 Å². The van der Waals surface area contributed by atoms with Gasteiger partial charge in [-0.05, 0) is 70.0 Å². The number of benzene rings is 2. The van der Waals surface area contributed by atoms with Crippen LogP contribution in [0, 0.1) is 5.41 Å². The number of likely N-dealkylation sites (tertiary alicyclic amines) is 2. The van der Waals surface area contributed by atoms with Gasteiger partial charge in [0.15, 0.2) is 17.2 Å². The van der Waals surface area contributed by atoms with Gasteiger partial charge in [-0.15, -0.1) is 0 Å². The number of amides is 3. The Morgan fingerprint density at radius 2 is 1.47 bits per heavy atom. The predicted octanol–water partition coefficient (Wildman–Crippen LogP) is 1.76. The number of anilines is 1. The van der Waals surface area contributed by atoms with Gasteiger partial charge in [0.25, 0.3) is 5.91 Å². The molecule has 0 saturated carbocycles. The van der Waals surface area contributed by atoms with Gasteiger partial charge in [0, 0.05) is 62.5 Å². The molecule has 2 atom stereocenters. The fourth-order valence-corrected chi connectivity index (χ4v) is 7.77. The molecule has 3 heterocycles. The van der Waals surface area contributed by atoms with E-state index in [2.05, 4.69) is 0 Å². The third-order valence-corrected chi connectivity index (χ3v) is 10.5.